The summed E-state index contributed by atoms with van der Waals surface area (Å²) in [5.74, 6) is 2.41. The van der Waals surface area contributed by atoms with Gasteiger partial charge in [-0.2, -0.15) is 0 Å². The highest BCUT2D eigenvalue weighted by Gasteiger charge is 2.53. The lowest BCUT2D eigenvalue weighted by molar-refractivity contribution is -0.384. The third kappa shape index (κ3) is 3.23. The zero-order valence-electron chi connectivity index (χ0n) is 15.8. The van der Waals surface area contributed by atoms with Crippen molar-refractivity contribution in [2.24, 2.45) is 23.2 Å². The summed E-state index contributed by atoms with van der Waals surface area (Å²) in [5, 5.41) is 15.0. The minimum Gasteiger partial charge on any atom is -0.376 e. The van der Waals surface area contributed by atoms with Crippen LogP contribution < -0.4 is 10.0 Å². The Morgan fingerprint density at radius 3 is 2.19 bits per heavy atom. The minimum atomic E-state index is -3.72. The van der Waals surface area contributed by atoms with Crippen LogP contribution in [0, 0.1) is 33.3 Å². The van der Waals surface area contributed by atoms with Crippen LogP contribution >= 0.6 is 0 Å². The van der Waals surface area contributed by atoms with Crippen LogP contribution in [0.3, 0.4) is 0 Å². The molecule has 0 aromatic heterocycles. The maximum absolute atomic E-state index is 12.0. The van der Waals surface area contributed by atoms with Gasteiger partial charge in [-0.3, -0.25) is 10.1 Å². The van der Waals surface area contributed by atoms with Crippen molar-refractivity contribution in [3.63, 3.8) is 0 Å². The van der Waals surface area contributed by atoms with Gasteiger partial charge in [-0.05, 0) is 87.8 Å². The van der Waals surface area contributed by atoms with Crippen molar-refractivity contribution in [2.45, 2.75) is 56.4 Å². The summed E-state index contributed by atoms with van der Waals surface area (Å²) in [6.45, 7) is 2.13. The molecule has 4 aliphatic rings. The number of anilines is 1. The second kappa shape index (κ2) is 6.44. The number of nitro benzene ring substituents is 1. The van der Waals surface area contributed by atoms with Gasteiger partial charge < -0.3 is 5.32 Å². The Balaban J connectivity index is 1.61. The average molecular weight is 394 g/mol. The number of sulfonamides is 1. The van der Waals surface area contributed by atoms with Crippen molar-refractivity contribution in [2.75, 3.05) is 12.4 Å². The average Bonchev–Trinajstić information content (AvgIpc) is 2.60. The van der Waals surface area contributed by atoms with Crippen LogP contribution in [-0.2, 0) is 10.0 Å². The smallest absolute Gasteiger partial charge is 0.293 e. The second-order valence-corrected chi connectivity index (χ2v) is 10.7. The number of hydrogen-bond donors (Lipinski definition) is 2. The largest absolute Gasteiger partial charge is 0.376 e. The van der Waals surface area contributed by atoms with E-state index in [2.05, 4.69) is 17.0 Å². The first kappa shape index (κ1) is 18.7. The van der Waals surface area contributed by atoms with E-state index in [1.165, 1.54) is 57.7 Å². The lowest BCUT2D eigenvalue weighted by Crippen LogP contribution is -2.52. The van der Waals surface area contributed by atoms with Crippen molar-refractivity contribution in [3.8, 4) is 0 Å². The molecule has 0 radical (unpaired) electrons. The van der Waals surface area contributed by atoms with Gasteiger partial charge in [-0.1, -0.05) is 0 Å². The van der Waals surface area contributed by atoms with Gasteiger partial charge in [0.15, 0.2) is 0 Å². The number of hydrogen-bond acceptors (Lipinski definition) is 5. The first-order chi connectivity index (χ1) is 12.7. The summed E-state index contributed by atoms with van der Waals surface area (Å²) in [5.41, 5.74) is 0.416. The first-order valence-corrected chi connectivity index (χ1v) is 11.2. The van der Waals surface area contributed by atoms with Gasteiger partial charge in [0.25, 0.3) is 5.69 Å². The Bertz CT molecular complexity index is 832. The predicted molar refractivity (Wildman–Crippen MR) is 103 cm³/mol. The Hall–Kier alpha value is -1.67. The number of nitrogens with one attached hydrogen (secondary N) is 2. The first-order valence-electron chi connectivity index (χ1n) is 9.71. The van der Waals surface area contributed by atoms with Crippen LogP contribution in [0.4, 0.5) is 11.4 Å². The maximum atomic E-state index is 12.0. The highest BCUT2D eigenvalue weighted by Crippen LogP contribution is 2.61. The monoisotopic (exact) mass is 393 g/mol. The van der Waals surface area contributed by atoms with Crippen molar-refractivity contribution in [1.29, 1.82) is 0 Å². The van der Waals surface area contributed by atoms with Crippen molar-refractivity contribution in [3.05, 3.63) is 28.3 Å². The quantitative estimate of drug-likeness (QED) is 0.569. The standard InChI is InChI=1S/C19H27N3O4S/c1-12(19-9-13-5-14(10-19)7-15(6-13)11-19)21-17-4-3-16(27(25,26)20-2)8-18(17)22(23)24/h3-4,8,12-15,20-21H,5-7,9-11H2,1-2H3. The summed E-state index contributed by atoms with van der Waals surface area (Å²) in [4.78, 5) is 11.0. The summed E-state index contributed by atoms with van der Waals surface area (Å²) in [6, 6.07) is 4.21. The molecule has 0 spiro atoms. The van der Waals surface area contributed by atoms with Crippen LogP contribution in [0.2, 0.25) is 0 Å². The van der Waals surface area contributed by atoms with Gasteiger partial charge in [0.1, 0.15) is 5.69 Å². The van der Waals surface area contributed by atoms with E-state index in [1.54, 1.807) is 0 Å². The van der Waals surface area contributed by atoms with Crippen LogP contribution in [0.1, 0.15) is 45.4 Å². The van der Waals surface area contributed by atoms with Crippen molar-refractivity contribution >= 4 is 21.4 Å². The number of nitrogens with zero attached hydrogens (tertiary/aromatic N) is 1. The number of rotatable bonds is 6. The molecular weight excluding hydrogens is 366 g/mol. The van der Waals surface area contributed by atoms with Gasteiger partial charge >= 0.3 is 0 Å². The molecular formula is C19H27N3O4S. The summed E-state index contributed by atoms with van der Waals surface area (Å²) < 4.78 is 26.2. The summed E-state index contributed by atoms with van der Waals surface area (Å²) in [6.07, 6.45) is 7.65. The molecule has 0 amide bonds. The lowest BCUT2D eigenvalue weighted by Gasteiger charge is -2.59. The van der Waals surface area contributed by atoms with E-state index in [4.69, 9.17) is 0 Å². The molecule has 4 saturated carbocycles. The molecule has 7 nitrogen and oxygen atoms in total. The Labute approximate surface area is 160 Å². The zero-order valence-corrected chi connectivity index (χ0v) is 16.6. The molecule has 1 unspecified atom stereocenters. The predicted octanol–water partition coefficient (Wildman–Crippen LogP) is 3.52. The molecule has 0 saturated heterocycles. The number of nitro groups is 1. The van der Waals surface area contributed by atoms with Gasteiger partial charge in [0.2, 0.25) is 10.0 Å². The third-order valence-electron chi connectivity index (χ3n) is 7.12. The maximum Gasteiger partial charge on any atom is 0.293 e. The molecule has 5 rings (SSSR count). The van der Waals surface area contributed by atoms with E-state index in [0.29, 0.717) is 5.69 Å². The lowest BCUT2D eigenvalue weighted by atomic mass is 9.48. The van der Waals surface area contributed by atoms with Gasteiger partial charge in [0, 0.05) is 12.1 Å². The number of benzene rings is 1. The van der Waals surface area contributed by atoms with Crippen LogP contribution in [0.5, 0.6) is 0 Å². The van der Waals surface area contributed by atoms with Crippen molar-refractivity contribution < 1.29 is 13.3 Å². The van der Waals surface area contributed by atoms with E-state index in [1.807, 2.05) is 0 Å². The topological polar surface area (TPSA) is 101 Å². The third-order valence-corrected chi connectivity index (χ3v) is 8.53. The molecule has 8 heteroatoms. The molecule has 0 aliphatic heterocycles. The fourth-order valence-corrected chi connectivity index (χ4v) is 6.91. The Morgan fingerprint density at radius 2 is 1.70 bits per heavy atom. The SMILES string of the molecule is CNS(=O)(=O)c1ccc(NC(C)C23CC4CC(CC(C4)C2)C3)c([N+](=O)[O-])c1. The van der Waals surface area contributed by atoms with Crippen molar-refractivity contribution in [1.82, 2.24) is 4.72 Å². The van der Waals surface area contributed by atoms with E-state index in [0.717, 1.165) is 23.8 Å². The van der Waals surface area contributed by atoms with E-state index >= 15 is 0 Å². The molecule has 0 heterocycles. The van der Waals surface area contributed by atoms with Crippen LogP contribution in [0.25, 0.3) is 0 Å². The molecule has 1 atom stereocenters. The molecule has 1 aromatic rings. The highest BCUT2D eigenvalue weighted by molar-refractivity contribution is 7.89. The van der Waals surface area contributed by atoms with Gasteiger partial charge in [-0.15, -0.1) is 0 Å². The van der Waals surface area contributed by atoms with Gasteiger partial charge in [-0.25, -0.2) is 13.1 Å². The van der Waals surface area contributed by atoms with Gasteiger partial charge in [0.05, 0.1) is 9.82 Å². The highest BCUT2D eigenvalue weighted by atomic mass is 32.2. The molecule has 27 heavy (non-hydrogen) atoms. The van der Waals surface area contributed by atoms with Crippen LogP contribution in [0.15, 0.2) is 23.1 Å². The van der Waals surface area contributed by atoms with E-state index in [-0.39, 0.29) is 22.0 Å². The molecule has 148 valence electrons. The van der Waals surface area contributed by atoms with E-state index < -0.39 is 14.9 Å². The summed E-state index contributed by atoms with van der Waals surface area (Å²) >= 11 is 0. The minimum absolute atomic E-state index is 0.0929. The molecule has 4 fully saturated rings. The summed E-state index contributed by atoms with van der Waals surface area (Å²) in [7, 11) is -2.42. The van der Waals surface area contributed by atoms with E-state index in [9.17, 15) is 18.5 Å². The zero-order chi connectivity index (χ0) is 19.4. The fourth-order valence-electron chi connectivity index (χ4n) is 6.16. The molecule has 1 aromatic carbocycles. The molecule has 4 bridgehead atoms. The molecule has 2 N–H and O–H groups in total. The Morgan fingerprint density at radius 1 is 1.15 bits per heavy atom. The Kier molecular flexibility index (Phi) is 4.46. The fraction of sp³-hybridized carbons (Fsp3) is 0.684. The second-order valence-electron chi connectivity index (χ2n) is 8.79. The van der Waals surface area contributed by atoms with Crippen LogP contribution in [-0.4, -0.2) is 26.4 Å². The normalized spacial score (nSPS) is 33.0. The molecule has 4 aliphatic carbocycles.